The van der Waals surface area contributed by atoms with Crippen LogP contribution in [0.1, 0.15) is 21.1 Å². The van der Waals surface area contributed by atoms with Gasteiger partial charge in [-0.05, 0) is 37.1 Å². The molecule has 1 aromatic carbocycles. The van der Waals surface area contributed by atoms with Crippen LogP contribution in [0, 0.1) is 17.8 Å². The van der Waals surface area contributed by atoms with Gasteiger partial charge in [-0.25, -0.2) is 4.98 Å². The minimum absolute atomic E-state index is 0.00383. The summed E-state index contributed by atoms with van der Waals surface area (Å²) in [5.41, 5.74) is 2.58. The van der Waals surface area contributed by atoms with Gasteiger partial charge < -0.3 is 20.5 Å². The molecule has 2 fully saturated rings. The van der Waals surface area contributed by atoms with Crippen molar-refractivity contribution in [3.05, 3.63) is 46.6 Å². The van der Waals surface area contributed by atoms with Gasteiger partial charge >= 0.3 is 0 Å². The Kier molecular flexibility index (Phi) is 3.79. The number of aromatic nitrogens is 2. The molecular formula is C21H21N5O2S. The molecule has 2 atom stereocenters. The number of carbonyl (C=O) groups is 2. The quantitative estimate of drug-likeness (QED) is 0.621. The van der Waals surface area contributed by atoms with Gasteiger partial charge in [-0.15, -0.1) is 0 Å². The molecule has 7 nitrogen and oxygen atoms in total. The second kappa shape index (κ2) is 6.40. The van der Waals surface area contributed by atoms with E-state index in [0.29, 0.717) is 42.2 Å². The zero-order chi connectivity index (χ0) is 19.5. The van der Waals surface area contributed by atoms with Gasteiger partial charge in [-0.3, -0.25) is 9.59 Å². The van der Waals surface area contributed by atoms with Crippen molar-refractivity contribution >= 4 is 39.2 Å². The predicted molar refractivity (Wildman–Crippen MR) is 111 cm³/mol. The third-order valence-corrected chi connectivity index (χ3v) is 7.40. The normalized spacial score (nSPS) is 25.0. The molecule has 0 radical (unpaired) electrons. The van der Waals surface area contributed by atoms with Crippen LogP contribution in [0.2, 0.25) is 0 Å². The lowest BCUT2D eigenvalue weighted by Crippen LogP contribution is -2.35. The number of thiazole rings is 1. The summed E-state index contributed by atoms with van der Waals surface area (Å²) in [6.45, 7) is 3.07. The van der Waals surface area contributed by atoms with Gasteiger partial charge in [-0.2, -0.15) is 0 Å². The van der Waals surface area contributed by atoms with Crippen LogP contribution in [0.25, 0.3) is 10.9 Å². The number of rotatable bonds is 3. The summed E-state index contributed by atoms with van der Waals surface area (Å²) in [5.74, 6) is 1.23. The van der Waals surface area contributed by atoms with Gasteiger partial charge in [-0.1, -0.05) is 29.5 Å². The van der Waals surface area contributed by atoms with Crippen LogP contribution in [-0.2, 0) is 17.8 Å². The highest BCUT2D eigenvalue weighted by Crippen LogP contribution is 2.49. The van der Waals surface area contributed by atoms with Crippen molar-refractivity contribution in [2.45, 2.75) is 13.0 Å². The van der Waals surface area contributed by atoms with Gasteiger partial charge in [0.1, 0.15) is 5.69 Å². The van der Waals surface area contributed by atoms with Gasteiger partial charge in [0, 0.05) is 34.7 Å². The number of fused-ring (bicyclic) bond motifs is 3. The van der Waals surface area contributed by atoms with Gasteiger partial charge in [0.2, 0.25) is 5.91 Å². The molecule has 148 valence electrons. The number of amides is 2. The molecule has 0 spiro atoms. The maximum Gasteiger partial charge on any atom is 0.270 e. The Balaban J connectivity index is 1.16. The number of H-pyrrole nitrogens is 1. The Hall–Kier alpha value is -2.71. The van der Waals surface area contributed by atoms with Crippen LogP contribution in [-0.4, -0.2) is 46.3 Å². The van der Waals surface area contributed by atoms with Gasteiger partial charge in [0.25, 0.3) is 5.91 Å². The number of carbonyl (C=O) groups excluding carboxylic acids is 2. The minimum atomic E-state index is 0.00383. The molecule has 6 rings (SSSR count). The highest BCUT2D eigenvalue weighted by atomic mass is 32.1. The maximum atomic E-state index is 13.0. The lowest BCUT2D eigenvalue weighted by Gasteiger charge is -2.25. The van der Waals surface area contributed by atoms with E-state index in [1.54, 1.807) is 0 Å². The minimum Gasteiger partial charge on any atom is -0.351 e. The third-order valence-electron chi connectivity index (χ3n) is 6.40. The summed E-state index contributed by atoms with van der Waals surface area (Å²) in [6.07, 6.45) is 0.715. The molecule has 2 aromatic heterocycles. The van der Waals surface area contributed by atoms with Crippen molar-refractivity contribution in [2.24, 2.45) is 17.8 Å². The van der Waals surface area contributed by atoms with Gasteiger partial charge in [0.05, 0.1) is 12.2 Å². The number of nitrogens with one attached hydrogen (secondary N) is 3. The average molecular weight is 407 g/mol. The highest BCUT2D eigenvalue weighted by Gasteiger charge is 2.57. The van der Waals surface area contributed by atoms with Crippen LogP contribution >= 0.6 is 11.3 Å². The number of anilines is 1. The van der Waals surface area contributed by atoms with E-state index in [1.165, 1.54) is 11.3 Å². The molecule has 3 aliphatic rings. The molecule has 1 saturated carbocycles. The van der Waals surface area contributed by atoms with Crippen molar-refractivity contribution < 1.29 is 9.59 Å². The second-order valence-corrected chi connectivity index (χ2v) is 9.22. The smallest absolute Gasteiger partial charge is 0.270 e. The number of aromatic amines is 1. The van der Waals surface area contributed by atoms with E-state index < -0.39 is 0 Å². The Labute approximate surface area is 171 Å². The lowest BCUT2D eigenvalue weighted by atomic mass is 10.1. The van der Waals surface area contributed by atoms with Gasteiger partial charge in [0.15, 0.2) is 5.13 Å². The highest BCUT2D eigenvalue weighted by molar-refractivity contribution is 7.15. The number of hydrogen-bond donors (Lipinski definition) is 3. The fraction of sp³-hybridized carbons (Fsp3) is 0.381. The summed E-state index contributed by atoms with van der Waals surface area (Å²) in [7, 11) is 0. The van der Waals surface area contributed by atoms with Crippen molar-refractivity contribution in [3.63, 3.8) is 0 Å². The zero-order valence-corrected chi connectivity index (χ0v) is 16.6. The molecular weight excluding hydrogens is 386 g/mol. The first kappa shape index (κ1) is 17.2. The van der Waals surface area contributed by atoms with Crippen molar-refractivity contribution in [1.29, 1.82) is 0 Å². The van der Waals surface area contributed by atoms with Crippen LogP contribution in [0.15, 0.2) is 30.3 Å². The molecule has 2 unspecified atom stereocenters. The summed E-state index contributed by atoms with van der Waals surface area (Å²) < 4.78 is 0. The van der Waals surface area contributed by atoms with E-state index in [4.69, 9.17) is 0 Å². The van der Waals surface area contributed by atoms with E-state index >= 15 is 0 Å². The topological polar surface area (TPSA) is 90.1 Å². The molecule has 8 heteroatoms. The van der Waals surface area contributed by atoms with E-state index in [0.717, 1.165) is 34.6 Å². The largest absolute Gasteiger partial charge is 0.351 e. The fourth-order valence-electron chi connectivity index (χ4n) is 4.78. The first-order valence-corrected chi connectivity index (χ1v) is 10.9. The Morgan fingerprint density at radius 2 is 2.03 bits per heavy atom. The standard InChI is InChI=1S/C21H21N5O2S/c27-19(18-12-8-22-9-13(12)18)25-21-24-15-5-6-26(10-17(15)29-21)20(28)16-7-11-3-1-2-4-14(11)23-16/h1-4,7,12-13,18,22-23H,5-6,8-10H2,(H,24,25,27). The predicted octanol–water partition coefficient (Wildman–Crippen LogP) is 2.23. The van der Waals surface area contributed by atoms with Crippen LogP contribution in [0.5, 0.6) is 0 Å². The SMILES string of the molecule is O=C(Nc1nc2c(s1)CN(C(=O)c1cc3ccccc3[nH]1)CC2)C1C2CNCC21. The number of nitrogens with zero attached hydrogens (tertiary/aromatic N) is 2. The van der Waals surface area contributed by atoms with Crippen molar-refractivity contribution in [3.8, 4) is 0 Å². The summed E-state index contributed by atoms with van der Waals surface area (Å²) in [6, 6.07) is 9.81. The first-order chi connectivity index (χ1) is 14.2. The summed E-state index contributed by atoms with van der Waals surface area (Å²) in [4.78, 5) is 36.2. The Bertz CT molecular complexity index is 1090. The van der Waals surface area contributed by atoms with Crippen LogP contribution < -0.4 is 10.6 Å². The molecule has 3 aromatic rings. The van der Waals surface area contributed by atoms with Crippen LogP contribution in [0.3, 0.4) is 0 Å². The first-order valence-electron chi connectivity index (χ1n) is 10.0. The van der Waals surface area contributed by atoms with E-state index in [1.807, 2.05) is 35.2 Å². The number of para-hydroxylation sites is 1. The zero-order valence-electron chi connectivity index (χ0n) is 15.8. The molecule has 1 saturated heterocycles. The van der Waals surface area contributed by atoms with E-state index in [2.05, 4.69) is 20.6 Å². The second-order valence-electron chi connectivity index (χ2n) is 8.14. The maximum absolute atomic E-state index is 13.0. The lowest BCUT2D eigenvalue weighted by molar-refractivity contribution is -0.118. The number of hydrogen-bond acceptors (Lipinski definition) is 5. The monoisotopic (exact) mass is 407 g/mol. The Morgan fingerprint density at radius 1 is 1.21 bits per heavy atom. The molecule has 1 aliphatic carbocycles. The molecule has 29 heavy (non-hydrogen) atoms. The Morgan fingerprint density at radius 3 is 2.86 bits per heavy atom. The number of benzene rings is 1. The van der Waals surface area contributed by atoms with Crippen LogP contribution in [0.4, 0.5) is 5.13 Å². The third kappa shape index (κ3) is 2.86. The molecule has 2 amide bonds. The summed E-state index contributed by atoms with van der Waals surface area (Å²) in [5, 5.41) is 8.03. The molecule has 3 N–H and O–H groups in total. The molecule has 2 aliphatic heterocycles. The van der Waals surface area contributed by atoms with Crippen molar-refractivity contribution in [1.82, 2.24) is 20.2 Å². The van der Waals surface area contributed by atoms with E-state index in [9.17, 15) is 9.59 Å². The van der Waals surface area contributed by atoms with E-state index in [-0.39, 0.29) is 17.7 Å². The average Bonchev–Trinajstić information content (AvgIpc) is 3.15. The number of piperidine rings is 1. The summed E-state index contributed by atoms with van der Waals surface area (Å²) >= 11 is 1.50. The fourth-order valence-corrected chi connectivity index (χ4v) is 5.80. The molecule has 4 heterocycles. The molecule has 0 bridgehead atoms. The van der Waals surface area contributed by atoms with Crippen molar-refractivity contribution in [2.75, 3.05) is 25.0 Å².